The van der Waals surface area contributed by atoms with Crippen LogP contribution in [0.4, 0.5) is 5.69 Å². The number of piperidine rings is 1. The van der Waals surface area contributed by atoms with E-state index in [0.717, 1.165) is 46.9 Å². The van der Waals surface area contributed by atoms with Gasteiger partial charge in [-0.25, -0.2) is 0 Å². The summed E-state index contributed by atoms with van der Waals surface area (Å²) >= 11 is 3.48. The third-order valence-electron chi connectivity index (χ3n) is 3.94. The summed E-state index contributed by atoms with van der Waals surface area (Å²) in [6.07, 6.45) is 3.40. The summed E-state index contributed by atoms with van der Waals surface area (Å²) in [6, 6.07) is 5.87. The molecule has 1 saturated heterocycles. The molecule has 1 aromatic rings. The van der Waals surface area contributed by atoms with Crippen molar-refractivity contribution in [3.8, 4) is 0 Å². The molecule has 1 heterocycles. The predicted octanol–water partition coefficient (Wildman–Crippen LogP) is 4.13. The molecule has 0 radical (unpaired) electrons. The minimum atomic E-state index is 0.764. The van der Waals surface area contributed by atoms with Gasteiger partial charge in [0.05, 0.1) is 0 Å². The number of carbonyl (C=O) groups excluding carboxylic acids is 1. The Morgan fingerprint density at radius 2 is 2.00 bits per heavy atom. The third-order valence-corrected chi connectivity index (χ3v) is 4.44. The molecule has 3 heteroatoms. The molecule has 98 valence electrons. The van der Waals surface area contributed by atoms with Crippen LogP contribution in [0.2, 0.25) is 0 Å². The minimum absolute atomic E-state index is 0.764. The zero-order valence-electron chi connectivity index (χ0n) is 11.0. The Morgan fingerprint density at radius 3 is 2.56 bits per heavy atom. The van der Waals surface area contributed by atoms with Crippen molar-refractivity contribution in [2.45, 2.75) is 26.7 Å². The molecule has 1 aromatic carbocycles. The Hall–Kier alpha value is -0.830. The van der Waals surface area contributed by atoms with Crippen molar-refractivity contribution >= 4 is 27.9 Å². The van der Waals surface area contributed by atoms with Gasteiger partial charge in [-0.05, 0) is 42.9 Å². The molecule has 0 unspecified atom stereocenters. The number of anilines is 1. The van der Waals surface area contributed by atoms with Crippen LogP contribution >= 0.6 is 15.9 Å². The summed E-state index contributed by atoms with van der Waals surface area (Å²) in [6.45, 7) is 6.72. The number of benzene rings is 1. The lowest BCUT2D eigenvalue weighted by Gasteiger charge is -2.36. The zero-order chi connectivity index (χ0) is 13.1. The topological polar surface area (TPSA) is 20.3 Å². The molecule has 0 saturated carbocycles. The zero-order valence-corrected chi connectivity index (χ0v) is 12.6. The number of hydrogen-bond acceptors (Lipinski definition) is 2. The summed E-state index contributed by atoms with van der Waals surface area (Å²) in [4.78, 5) is 13.5. The van der Waals surface area contributed by atoms with Crippen LogP contribution in [0.3, 0.4) is 0 Å². The molecule has 0 atom stereocenters. The molecule has 0 amide bonds. The normalized spacial score (nSPS) is 17.2. The first kappa shape index (κ1) is 13.6. The summed E-state index contributed by atoms with van der Waals surface area (Å²) in [5, 5.41) is 0. The fraction of sp³-hybridized carbons (Fsp3) is 0.533. The van der Waals surface area contributed by atoms with E-state index in [1.807, 2.05) is 12.1 Å². The minimum Gasteiger partial charge on any atom is -0.371 e. The van der Waals surface area contributed by atoms with Crippen LogP contribution in [0.25, 0.3) is 0 Å². The van der Waals surface area contributed by atoms with E-state index in [0.29, 0.717) is 0 Å². The van der Waals surface area contributed by atoms with Crippen LogP contribution in [0.1, 0.15) is 37.0 Å². The van der Waals surface area contributed by atoms with Gasteiger partial charge in [-0.15, -0.1) is 0 Å². The van der Waals surface area contributed by atoms with Gasteiger partial charge in [0, 0.05) is 28.8 Å². The highest BCUT2D eigenvalue weighted by atomic mass is 79.9. The van der Waals surface area contributed by atoms with E-state index in [4.69, 9.17) is 0 Å². The van der Waals surface area contributed by atoms with Crippen LogP contribution in [-0.2, 0) is 0 Å². The van der Waals surface area contributed by atoms with Gasteiger partial charge in [-0.2, -0.15) is 0 Å². The molecule has 1 aliphatic heterocycles. The fourth-order valence-electron chi connectivity index (χ4n) is 2.70. The second-order valence-corrected chi connectivity index (χ2v) is 6.31. The lowest BCUT2D eigenvalue weighted by molar-refractivity contribution is 0.112. The second kappa shape index (κ2) is 5.87. The Kier molecular flexibility index (Phi) is 4.44. The standard InChI is InChI=1S/C15H20BrNO/c1-11(2)12-5-7-17(8-6-12)15-9-14(16)4-3-13(15)10-18/h3-4,9-12H,5-8H2,1-2H3. The van der Waals surface area contributed by atoms with Crippen LogP contribution in [0.5, 0.6) is 0 Å². The van der Waals surface area contributed by atoms with Gasteiger partial charge < -0.3 is 4.90 Å². The maximum absolute atomic E-state index is 11.1. The van der Waals surface area contributed by atoms with Gasteiger partial charge in [0.25, 0.3) is 0 Å². The van der Waals surface area contributed by atoms with Gasteiger partial charge in [-0.3, -0.25) is 4.79 Å². The highest BCUT2D eigenvalue weighted by molar-refractivity contribution is 9.10. The summed E-state index contributed by atoms with van der Waals surface area (Å²) in [7, 11) is 0. The van der Waals surface area contributed by atoms with Crippen molar-refractivity contribution in [3.05, 3.63) is 28.2 Å². The molecular weight excluding hydrogens is 290 g/mol. The van der Waals surface area contributed by atoms with Gasteiger partial charge in [-0.1, -0.05) is 29.8 Å². The smallest absolute Gasteiger partial charge is 0.152 e. The Bertz CT molecular complexity index is 423. The van der Waals surface area contributed by atoms with Crippen LogP contribution in [0.15, 0.2) is 22.7 Å². The summed E-state index contributed by atoms with van der Waals surface area (Å²) < 4.78 is 1.04. The molecule has 2 nitrogen and oxygen atoms in total. The summed E-state index contributed by atoms with van der Waals surface area (Å²) in [5.74, 6) is 1.59. The first-order valence-corrected chi connectivity index (χ1v) is 7.40. The van der Waals surface area contributed by atoms with E-state index in [9.17, 15) is 4.79 Å². The van der Waals surface area contributed by atoms with Gasteiger partial charge in [0.2, 0.25) is 0 Å². The molecule has 0 N–H and O–H groups in total. The summed E-state index contributed by atoms with van der Waals surface area (Å²) in [5.41, 5.74) is 1.86. The molecule has 0 spiro atoms. The average molecular weight is 310 g/mol. The van der Waals surface area contributed by atoms with Gasteiger partial charge in [0.1, 0.15) is 0 Å². The second-order valence-electron chi connectivity index (χ2n) is 5.39. The van der Waals surface area contributed by atoms with E-state index in [-0.39, 0.29) is 0 Å². The highest BCUT2D eigenvalue weighted by Gasteiger charge is 2.22. The molecular formula is C15H20BrNO. The first-order valence-electron chi connectivity index (χ1n) is 6.61. The molecule has 2 rings (SSSR count). The number of carbonyl (C=O) groups is 1. The monoisotopic (exact) mass is 309 g/mol. The average Bonchev–Trinajstić information content (AvgIpc) is 2.39. The van der Waals surface area contributed by atoms with Crippen LogP contribution < -0.4 is 4.90 Å². The quantitative estimate of drug-likeness (QED) is 0.782. The van der Waals surface area contributed by atoms with E-state index in [1.165, 1.54) is 12.8 Å². The number of aldehydes is 1. The first-order chi connectivity index (χ1) is 8.61. The molecule has 0 aliphatic carbocycles. The van der Waals surface area contributed by atoms with Crippen molar-refractivity contribution in [1.29, 1.82) is 0 Å². The lowest BCUT2D eigenvalue weighted by Crippen LogP contribution is -2.35. The Balaban J connectivity index is 2.14. The maximum Gasteiger partial charge on any atom is 0.152 e. The molecule has 1 aliphatic rings. The molecule has 18 heavy (non-hydrogen) atoms. The Morgan fingerprint density at radius 1 is 1.33 bits per heavy atom. The van der Waals surface area contributed by atoms with Crippen molar-refractivity contribution in [2.75, 3.05) is 18.0 Å². The molecule has 1 fully saturated rings. The predicted molar refractivity (Wildman–Crippen MR) is 79.3 cm³/mol. The Labute approximate surface area is 117 Å². The maximum atomic E-state index is 11.1. The van der Waals surface area contributed by atoms with E-state index >= 15 is 0 Å². The number of nitrogens with zero attached hydrogens (tertiary/aromatic N) is 1. The highest BCUT2D eigenvalue weighted by Crippen LogP contribution is 2.30. The van der Waals surface area contributed by atoms with Crippen LogP contribution in [0, 0.1) is 11.8 Å². The fourth-order valence-corrected chi connectivity index (χ4v) is 3.05. The van der Waals surface area contributed by atoms with Crippen molar-refractivity contribution in [2.24, 2.45) is 11.8 Å². The molecule has 0 aromatic heterocycles. The third kappa shape index (κ3) is 2.94. The van der Waals surface area contributed by atoms with Crippen molar-refractivity contribution in [3.63, 3.8) is 0 Å². The van der Waals surface area contributed by atoms with E-state index in [1.54, 1.807) is 0 Å². The lowest BCUT2D eigenvalue weighted by atomic mass is 9.86. The largest absolute Gasteiger partial charge is 0.371 e. The van der Waals surface area contributed by atoms with Crippen molar-refractivity contribution < 1.29 is 4.79 Å². The number of hydrogen-bond donors (Lipinski definition) is 0. The van der Waals surface area contributed by atoms with Gasteiger partial charge >= 0.3 is 0 Å². The SMILES string of the molecule is CC(C)C1CCN(c2cc(Br)ccc2C=O)CC1. The van der Waals surface area contributed by atoms with Crippen LogP contribution in [-0.4, -0.2) is 19.4 Å². The van der Waals surface area contributed by atoms with Crippen molar-refractivity contribution in [1.82, 2.24) is 0 Å². The molecule has 0 bridgehead atoms. The van der Waals surface area contributed by atoms with E-state index < -0.39 is 0 Å². The van der Waals surface area contributed by atoms with E-state index in [2.05, 4.69) is 40.7 Å². The number of halogens is 1. The van der Waals surface area contributed by atoms with Gasteiger partial charge in [0.15, 0.2) is 6.29 Å². The number of rotatable bonds is 3.